The van der Waals surface area contributed by atoms with Crippen molar-refractivity contribution < 1.29 is 9.53 Å². The number of ether oxygens (including phenoxy) is 1. The molecule has 7 nitrogen and oxygen atoms in total. The fourth-order valence-corrected chi connectivity index (χ4v) is 3.88. The van der Waals surface area contributed by atoms with Crippen LogP contribution in [-0.2, 0) is 16.1 Å². The predicted molar refractivity (Wildman–Crippen MR) is 108 cm³/mol. The maximum absolute atomic E-state index is 12.3. The minimum Gasteiger partial charge on any atom is -0.401 e. The molecule has 3 rings (SSSR count). The summed E-state index contributed by atoms with van der Waals surface area (Å²) in [5.41, 5.74) is 6.69. The molecular weight excluding hydrogens is 398 g/mol. The van der Waals surface area contributed by atoms with E-state index >= 15 is 0 Å². The van der Waals surface area contributed by atoms with Crippen LogP contribution in [0.5, 0.6) is 0 Å². The molecule has 9 heteroatoms. The molecule has 0 saturated carbocycles. The maximum atomic E-state index is 12.3. The van der Waals surface area contributed by atoms with E-state index in [1.807, 2.05) is 22.8 Å². The number of nitrogens with two attached hydrogens (primary N) is 1. The molecule has 2 heterocycles. The fourth-order valence-electron chi connectivity index (χ4n) is 2.94. The summed E-state index contributed by atoms with van der Waals surface area (Å²) in [4.78, 5) is 12.3. The van der Waals surface area contributed by atoms with Crippen molar-refractivity contribution in [2.75, 3.05) is 12.4 Å². The first-order chi connectivity index (χ1) is 13.5. The van der Waals surface area contributed by atoms with Crippen LogP contribution in [-0.4, -0.2) is 39.0 Å². The number of Topliss-reactive ketones (excluding diaryl/α,β-unsaturated/α-hetero) is 1. The van der Waals surface area contributed by atoms with Crippen molar-refractivity contribution in [2.24, 2.45) is 5.73 Å². The summed E-state index contributed by atoms with van der Waals surface area (Å²) in [6, 6.07) is 9.22. The quantitative estimate of drug-likeness (QED) is 0.418. The van der Waals surface area contributed by atoms with E-state index < -0.39 is 0 Å². The Labute approximate surface area is 172 Å². The van der Waals surface area contributed by atoms with Gasteiger partial charge in [0.05, 0.1) is 18.4 Å². The lowest BCUT2D eigenvalue weighted by atomic mass is 10.2. The first kappa shape index (κ1) is 20.4. The molecule has 0 aliphatic carbocycles. The Kier molecular flexibility index (Phi) is 6.73. The number of allylic oxidation sites excluding steroid dienone is 2. The van der Waals surface area contributed by atoms with Crippen molar-refractivity contribution in [1.82, 2.24) is 14.8 Å². The second kappa shape index (κ2) is 9.24. The minimum atomic E-state index is -0.327. The van der Waals surface area contributed by atoms with E-state index in [0.29, 0.717) is 22.5 Å². The zero-order valence-electron chi connectivity index (χ0n) is 15.4. The first-order valence-electron chi connectivity index (χ1n) is 8.82. The topological polar surface area (TPSA) is 107 Å². The predicted octanol–water partition coefficient (Wildman–Crippen LogP) is 3.19. The number of rotatable bonds is 7. The second-order valence-electron chi connectivity index (χ2n) is 6.44. The summed E-state index contributed by atoms with van der Waals surface area (Å²) in [6.45, 7) is 2.88. The van der Waals surface area contributed by atoms with Crippen LogP contribution in [0.15, 0.2) is 40.7 Å². The van der Waals surface area contributed by atoms with Gasteiger partial charge in [0.1, 0.15) is 11.6 Å². The summed E-state index contributed by atoms with van der Waals surface area (Å²) in [5.74, 6) is 0.419. The van der Waals surface area contributed by atoms with Crippen molar-refractivity contribution in [1.29, 1.82) is 5.26 Å². The Morgan fingerprint density at radius 3 is 2.79 bits per heavy atom. The number of hydrogen-bond donors (Lipinski definition) is 1. The lowest BCUT2D eigenvalue weighted by Crippen LogP contribution is -2.17. The molecule has 2 aromatic rings. The van der Waals surface area contributed by atoms with Gasteiger partial charge in [-0.15, -0.1) is 10.2 Å². The molecule has 28 heavy (non-hydrogen) atoms. The molecule has 1 aromatic heterocycles. The number of nitrogens with zero attached hydrogens (tertiary/aromatic N) is 4. The minimum absolute atomic E-state index is 0.0179. The van der Waals surface area contributed by atoms with Crippen molar-refractivity contribution in [3.63, 3.8) is 0 Å². The number of carbonyl (C=O) groups excluding carboxylic acids is 1. The summed E-state index contributed by atoms with van der Waals surface area (Å²) in [6.07, 6.45) is 2.07. The van der Waals surface area contributed by atoms with E-state index in [9.17, 15) is 4.79 Å². The third-order valence-corrected chi connectivity index (χ3v) is 5.57. The van der Waals surface area contributed by atoms with Gasteiger partial charge >= 0.3 is 0 Å². The molecular formula is C19H20ClN5O2S. The van der Waals surface area contributed by atoms with Crippen LogP contribution >= 0.6 is 23.4 Å². The van der Waals surface area contributed by atoms with Gasteiger partial charge in [-0.1, -0.05) is 23.4 Å². The number of aromatic nitrogens is 3. The number of thioether (sulfide) groups is 1. The van der Waals surface area contributed by atoms with Gasteiger partial charge in [0, 0.05) is 22.9 Å². The van der Waals surface area contributed by atoms with Gasteiger partial charge in [-0.2, -0.15) is 5.26 Å². The molecule has 1 saturated heterocycles. The van der Waals surface area contributed by atoms with E-state index in [2.05, 4.69) is 10.2 Å². The average Bonchev–Trinajstić information content (AvgIpc) is 3.31. The Morgan fingerprint density at radius 2 is 2.18 bits per heavy atom. The first-order valence-corrected chi connectivity index (χ1v) is 10.2. The van der Waals surface area contributed by atoms with E-state index in [-0.39, 0.29) is 28.9 Å². The van der Waals surface area contributed by atoms with Crippen molar-refractivity contribution in [3.8, 4) is 17.5 Å². The van der Waals surface area contributed by atoms with Crippen LogP contribution in [0.25, 0.3) is 11.4 Å². The van der Waals surface area contributed by atoms with Crippen LogP contribution in [0.4, 0.5) is 0 Å². The molecule has 1 fully saturated rings. The molecule has 1 unspecified atom stereocenters. The largest absolute Gasteiger partial charge is 0.401 e. The number of halogens is 1. The van der Waals surface area contributed by atoms with E-state index in [4.69, 9.17) is 27.3 Å². The molecule has 1 atom stereocenters. The molecule has 0 amide bonds. The molecule has 2 N–H and O–H groups in total. The van der Waals surface area contributed by atoms with Gasteiger partial charge in [-0.3, -0.25) is 9.36 Å². The molecule has 0 bridgehead atoms. The Bertz CT molecular complexity index is 923. The third-order valence-electron chi connectivity index (χ3n) is 4.35. The maximum Gasteiger partial charge on any atom is 0.192 e. The second-order valence-corrected chi connectivity index (χ2v) is 7.82. The number of nitriles is 1. The highest BCUT2D eigenvalue weighted by molar-refractivity contribution is 7.99. The molecule has 0 spiro atoms. The normalized spacial score (nSPS) is 17.2. The van der Waals surface area contributed by atoms with Crippen molar-refractivity contribution >= 4 is 29.1 Å². The fraction of sp³-hybridized carbons (Fsp3) is 0.368. The zero-order valence-corrected chi connectivity index (χ0v) is 17.0. The molecule has 1 aliphatic heterocycles. The standard InChI is InChI=1S/C19H20ClN5O2S/c1-12(22)16(9-21)17(26)11-28-19-24-23-18(13-4-6-14(20)7-5-13)25(19)10-15-3-2-8-27-15/h4-7,15H,2-3,8,10-11,22H2,1H3. The van der Waals surface area contributed by atoms with Crippen LogP contribution in [0.1, 0.15) is 19.8 Å². The molecule has 1 aliphatic rings. The van der Waals surface area contributed by atoms with Crippen LogP contribution < -0.4 is 5.73 Å². The Hall–Kier alpha value is -2.34. The van der Waals surface area contributed by atoms with Gasteiger partial charge in [0.15, 0.2) is 16.8 Å². The van der Waals surface area contributed by atoms with E-state index in [0.717, 1.165) is 25.0 Å². The summed E-state index contributed by atoms with van der Waals surface area (Å²) in [7, 11) is 0. The van der Waals surface area contributed by atoms with E-state index in [1.54, 1.807) is 19.1 Å². The SMILES string of the molecule is CC(N)=C(C#N)C(=O)CSc1nnc(-c2ccc(Cl)cc2)n1CC1CCCO1. The summed E-state index contributed by atoms with van der Waals surface area (Å²) in [5, 5.41) is 18.9. The van der Waals surface area contributed by atoms with Gasteiger partial charge in [0.2, 0.25) is 0 Å². The highest BCUT2D eigenvalue weighted by Crippen LogP contribution is 2.27. The molecule has 0 radical (unpaired) electrons. The smallest absolute Gasteiger partial charge is 0.192 e. The lowest BCUT2D eigenvalue weighted by Gasteiger charge is -2.14. The number of carbonyl (C=O) groups is 1. The Balaban J connectivity index is 1.86. The van der Waals surface area contributed by atoms with Crippen molar-refractivity contribution in [3.05, 3.63) is 40.6 Å². The highest BCUT2D eigenvalue weighted by atomic mass is 35.5. The van der Waals surface area contributed by atoms with Gasteiger partial charge in [-0.05, 0) is 44.0 Å². The number of ketones is 1. The van der Waals surface area contributed by atoms with Gasteiger partial charge in [0.25, 0.3) is 0 Å². The molecule has 146 valence electrons. The highest BCUT2D eigenvalue weighted by Gasteiger charge is 2.23. The monoisotopic (exact) mass is 417 g/mol. The van der Waals surface area contributed by atoms with Crippen LogP contribution in [0.2, 0.25) is 5.02 Å². The summed E-state index contributed by atoms with van der Waals surface area (Å²) >= 11 is 7.23. The molecule has 1 aromatic carbocycles. The Morgan fingerprint density at radius 1 is 1.43 bits per heavy atom. The van der Waals surface area contributed by atoms with Crippen molar-refractivity contribution in [2.45, 2.75) is 37.6 Å². The number of benzene rings is 1. The van der Waals surface area contributed by atoms with Crippen LogP contribution in [0, 0.1) is 11.3 Å². The zero-order chi connectivity index (χ0) is 20.1. The van der Waals surface area contributed by atoms with Crippen LogP contribution in [0.3, 0.4) is 0 Å². The average molecular weight is 418 g/mol. The third kappa shape index (κ3) is 4.73. The van der Waals surface area contributed by atoms with Gasteiger partial charge < -0.3 is 10.5 Å². The lowest BCUT2D eigenvalue weighted by molar-refractivity contribution is -0.112. The number of hydrogen-bond acceptors (Lipinski definition) is 7. The van der Waals surface area contributed by atoms with Gasteiger partial charge in [-0.25, -0.2) is 0 Å². The van der Waals surface area contributed by atoms with E-state index in [1.165, 1.54) is 11.8 Å². The summed E-state index contributed by atoms with van der Waals surface area (Å²) < 4.78 is 7.72.